The van der Waals surface area contributed by atoms with Gasteiger partial charge < -0.3 is 20.1 Å². The maximum atomic E-state index is 12.1. The third kappa shape index (κ3) is 4.83. The SMILES string of the molecule is Cc1ccc(CNC(=O)C2CCNC2)c(OC2CCOC2)c1.Cl. The quantitative estimate of drug-likeness (QED) is 0.858. The molecule has 0 radical (unpaired) electrons. The lowest BCUT2D eigenvalue weighted by Gasteiger charge is -2.17. The van der Waals surface area contributed by atoms with Gasteiger partial charge in [-0.25, -0.2) is 0 Å². The summed E-state index contributed by atoms with van der Waals surface area (Å²) in [7, 11) is 0. The number of hydrogen-bond donors (Lipinski definition) is 2. The van der Waals surface area contributed by atoms with Gasteiger partial charge in [0.15, 0.2) is 0 Å². The van der Waals surface area contributed by atoms with Crippen LogP contribution in [-0.4, -0.2) is 38.3 Å². The van der Waals surface area contributed by atoms with Crippen LogP contribution in [0.1, 0.15) is 24.0 Å². The molecule has 1 aromatic rings. The minimum atomic E-state index is 0. The van der Waals surface area contributed by atoms with E-state index in [-0.39, 0.29) is 30.3 Å². The molecule has 6 heteroatoms. The van der Waals surface area contributed by atoms with Gasteiger partial charge in [-0.2, -0.15) is 0 Å². The van der Waals surface area contributed by atoms with Crippen LogP contribution in [-0.2, 0) is 16.1 Å². The third-order valence-corrected chi connectivity index (χ3v) is 4.29. The van der Waals surface area contributed by atoms with Crippen LogP contribution in [0.2, 0.25) is 0 Å². The normalized spacial score (nSPS) is 23.3. The Kier molecular flexibility index (Phi) is 6.69. The highest BCUT2D eigenvalue weighted by atomic mass is 35.5. The molecule has 0 spiro atoms. The van der Waals surface area contributed by atoms with Crippen molar-refractivity contribution in [2.24, 2.45) is 5.92 Å². The first-order valence-corrected chi connectivity index (χ1v) is 8.05. The summed E-state index contributed by atoms with van der Waals surface area (Å²) in [4.78, 5) is 12.1. The van der Waals surface area contributed by atoms with Gasteiger partial charge >= 0.3 is 0 Å². The molecule has 0 bridgehead atoms. The third-order valence-electron chi connectivity index (χ3n) is 4.29. The molecule has 0 aromatic heterocycles. The summed E-state index contributed by atoms with van der Waals surface area (Å²) in [5.41, 5.74) is 2.18. The zero-order valence-electron chi connectivity index (χ0n) is 13.5. The predicted octanol–water partition coefficient (Wildman–Crippen LogP) is 1.81. The molecular formula is C17H25ClN2O3. The van der Waals surface area contributed by atoms with Crippen LogP contribution in [0.3, 0.4) is 0 Å². The molecule has 2 aliphatic heterocycles. The van der Waals surface area contributed by atoms with Crippen molar-refractivity contribution in [1.29, 1.82) is 0 Å². The first kappa shape index (κ1) is 18.0. The summed E-state index contributed by atoms with van der Waals surface area (Å²) in [5, 5.41) is 6.25. The lowest BCUT2D eigenvalue weighted by molar-refractivity contribution is -0.124. The summed E-state index contributed by atoms with van der Waals surface area (Å²) in [6.07, 6.45) is 1.96. The Bertz CT molecular complexity index is 527. The Balaban J connectivity index is 0.00000192. The predicted molar refractivity (Wildman–Crippen MR) is 91.1 cm³/mol. The van der Waals surface area contributed by atoms with Crippen LogP contribution >= 0.6 is 12.4 Å². The summed E-state index contributed by atoms with van der Waals surface area (Å²) in [6.45, 7) is 5.68. The van der Waals surface area contributed by atoms with Crippen LogP contribution in [0.4, 0.5) is 0 Å². The Morgan fingerprint density at radius 3 is 3.00 bits per heavy atom. The lowest BCUT2D eigenvalue weighted by atomic mass is 10.1. The second-order valence-electron chi connectivity index (χ2n) is 6.12. The molecular weight excluding hydrogens is 316 g/mol. The van der Waals surface area contributed by atoms with E-state index in [2.05, 4.69) is 16.7 Å². The number of hydrogen-bond acceptors (Lipinski definition) is 4. The van der Waals surface area contributed by atoms with E-state index in [4.69, 9.17) is 9.47 Å². The fraction of sp³-hybridized carbons (Fsp3) is 0.588. The van der Waals surface area contributed by atoms with E-state index < -0.39 is 0 Å². The number of halogens is 1. The molecule has 3 rings (SSSR count). The van der Waals surface area contributed by atoms with Crippen molar-refractivity contribution in [3.8, 4) is 5.75 Å². The van der Waals surface area contributed by atoms with E-state index >= 15 is 0 Å². The second kappa shape index (κ2) is 8.52. The topological polar surface area (TPSA) is 59.6 Å². The van der Waals surface area contributed by atoms with E-state index in [0.29, 0.717) is 13.2 Å². The first-order chi connectivity index (χ1) is 10.7. The molecule has 2 atom stereocenters. The van der Waals surface area contributed by atoms with Crippen LogP contribution in [0.5, 0.6) is 5.75 Å². The molecule has 1 aromatic carbocycles. The van der Waals surface area contributed by atoms with Crippen LogP contribution < -0.4 is 15.4 Å². The van der Waals surface area contributed by atoms with Crippen LogP contribution in [0.25, 0.3) is 0 Å². The highest BCUT2D eigenvalue weighted by molar-refractivity contribution is 5.85. The Morgan fingerprint density at radius 1 is 1.43 bits per heavy atom. The Hall–Kier alpha value is -1.30. The minimum absolute atomic E-state index is 0. The van der Waals surface area contributed by atoms with Crippen molar-refractivity contribution in [2.75, 3.05) is 26.3 Å². The molecule has 2 fully saturated rings. The molecule has 23 heavy (non-hydrogen) atoms. The van der Waals surface area contributed by atoms with Gasteiger partial charge in [0, 0.05) is 25.1 Å². The highest BCUT2D eigenvalue weighted by Crippen LogP contribution is 2.24. The Labute approximate surface area is 143 Å². The van der Waals surface area contributed by atoms with E-state index in [1.165, 1.54) is 0 Å². The minimum Gasteiger partial charge on any atom is -0.488 e. The maximum absolute atomic E-state index is 12.1. The van der Waals surface area contributed by atoms with E-state index in [9.17, 15) is 4.79 Å². The monoisotopic (exact) mass is 340 g/mol. The Morgan fingerprint density at radius 2 is 2.30 bits per heavy atom. The summed E-state index contributed by atoms with van der Waals surface area (Å²) in [6, 6.07) is 6.13. The smallest absolute Gasteiger partial charge is 0.224 e. The average molecular weight is 341 g/mol. The molecule has 0 saturated carbocycles. The van der Waals surface area contributed by atoms with Gasteiger partial charge in [0.2, 0.25) is 5.91 Å². The van der Waals surface area contributed by atoms with Gasteiger partial charge in [0.1, 0.15) is 11.9 Å². The number of carbonyl (C=O) groups is 1. The number of ether oxygens (including phenoxy) is 2. The van der Waals surface area contributed by atoms with Gasteiger partial charge in [0.25, 0.3) is 0 Å². The largest absolute Gasteiger partial charge is 0.488 e. The van der Waals surface area contributed by atoms with Crippen molar-refractivity contribution in [2.45, 2.75) is 32.4 Å². The zero-order chi connectivity index (χ0) is 15.4. The van der Waals surface area contributed by atoms with Crippen molar-refractivity contribution in [1.82, 2.24) is 10.6 Å². The van der Waals surface area contributed by atoms with Gasteiger partial charge in [0.05, 0.1) is 19.1 Å². The van der Waals surface area contributed by atoms with Crippen molar-refractivity contribution < 1.29 is 14.3 Å². The number of amides is 1. The molecule has 2 unspecified atom stereocenters. The molecule has 0 aliphatic carbocycles. The van der Waals surface area contributed by atoms with Crippen molar-refractivity contribution >= 4 is 18.3 Å². The molecule has 1 amide bonds. The number of aryl methyl sites for hydroxylation is 1. The van der Waals surface area contributed by atoms with Gasteiger partial charge in [-0.05, 0) is 31.5 Å². The standard InChI is InChI=1S/C17H24N2O3.ClH/c1-12-2-3-13(10-19-17(20)14-4-6-18-9-14)16(8-12)22-15-5-7-21-11-15;/h2-3,8,14-15,18H,4-7,9-11H2,1H3,(H,19,20);1H. The first-order valence-electron chi connectivity index (χ1n) is 8.05. The zero-order valence-corrected chi connectivity index (χ0v) is 14.3. The molecule has 2 aliphatic rings. The number of carbonyl (C=O) groups excluding carboxylic acids is 1. The van der Waals surface area contributed by atoms with Crippen LogP contribution in [0.15, 0.2) is 18.2 Å². The molecule has 2 heterocycles. The van der Waals surface area contributed by atoms with Crippen molar-refractivity contribution in [3.05, 3.63) is 29.3 Å². The van der Waals surface area contributed by atoms with E-state index in [1.54, 1.807) is 0 Å². The van der Waals surface area contributed by atoms with E-state index in [1.807, 2.05) is 19.1 Å². The second-order valence-corrected chi connectivity index (χ2v) is 6.12. The van der Waals surface area contributed by atoms with Crippen molar-refractivity contribution in [3.63, 3.8) is 0 Å². The summed E-state index contributed by atoms with van der Waals surface area (Å²) >= 11 is 0. The number of benzene rings is 1. The fourth-order valence-corrected chi connectivity index (χ4v) is 2.91. The average Bonchev–Trinajstić information content (AvgIpc) is 3.19. The van der Waals surface area contributed by atoms with Gasteiger partial charge in [-0.15, -0.1) is 12.4 Å². The maximum Gasteiger partial charge on any atom is 0.224 e. The molecule has 5 nitrogen and oxygen atoms in total. The van der Waals surface area contributed by atoms with Gasteiger partial charge in [-0.1, -0.05) is 12.1 Å². The lowest BCUT2D eigenvalue weighted by Crippen LogP contribution is -2.31. The summed E-state index contributed by atoms with van der Waals surface area (Å²) in [5.74, 6) is 1.08. The van der Waals surface area contributed by atoms with Crippen LogP contribution in [0, 0.1) is 12.8 Å². The number of nitrogens with one attached hydrogen (secondary N) is 2. The fourth-order valence-electron chi connectivity index (χ4n) is 2.91. The highest BCUT2D eigenvalue weighted by Gasteiger charge is 2.23. The summed E-state index contributed by atoms with van der Waals surface area (Å²) < 4.78 is 11.4. The van der Waals surface area contributed by atoms with E-state index in [0.717, 1.165) is 49.4 Å². The molecule has 2 saturated heterocycles. The van der Waals surface area contributed by atoms with Gasteiger partial charge in [-0.3, -0.25) is 4.79 Å². The number of rotatable bonds is 5. The molecule has 128 valence electrons. The molecule has 2 N–H and O–H groups in total.